The maximum Gasteiger partial charge on any atom is 0.247 e. The lowest BCUT2D eigenvalue weighted by Gasteiger charge is -2.23. The highest BCUT2D eigenvalue weighted by Crippen LogP contribution is 2.32. The number of H-pyrrole nitrogens is 1. The highest BCUT2D eigenvalue weighted by atomic mass is 32.1. The number of hydrogen-bond donors (Lipinski definition) is 2. The molecule has 1 saturated heterocycles. The van der Waals surface area contributed by atoms with Crippen LogP contribution < -0.4 is 5.32 Å². The molecule has 9 nitrogen and oxygen atoms in total. The van der Waals surface area contributed by atoms with Crippen LogP contribution in [-0.4, -0.2) is 47.5 Å². The van der Waals surface area contributed by atoms with E-state index >= 15 is 0 Å². The normalized spacial score (nSPS) is 16.6. The molecule has 4 heterocycles. The first-order valence-corrected chi connectivity index (χ1v) is 10.4. The van der Waals surface area contributed by atoms with Crippen molar-refractivity contribution in [2.75, 3.05) is 11.9 Å². The number of likely N-dealkylation sites (tertiary alicyclic amines) is 1. The Kier molecular flexibility index (Phi) is 5.61. The fourth-order valence-corrected chi connectivity index (χ4v) is 4.02. The zero-order valence-electron chi connectivity index (χ0n) is 16.3. The summed E-state index contributed by atoms with van der Waals surface area (Å²) in [5, 5.41) is 13.2. The van der Waals surface area contributed by atoms with E-state index in [1.165, 1.54) is 11.3 Å². The lowest BCUT2D eigenvalue weighted by molar-refractivity contribution is -0.126. The number of aryl methyl sites for hydroxylation is 2. The molecule has 1 fully saturated rings. The SMILES string of the molecule is CCc1nnc(Nc2cc(C3CCCN3C(=O)C=Cc3cnc[nH]3)nc(C)n2)s1. The van der Waals surface area contributed by atoms with Crippen LogP contribution in [0.1, 0.15) is 48.0 Å². The van der Waals surface area contributed by atoms with E-state index in [1.54, 1.807) is 24.7 Å². The molecule has 3 aromatic rings. The van der Waals surface area contributed by atoms with Crippen LogP contribution in [0.25, 0.3) is 6.08 Å². The van der Waals surface area contributed by atoms with E-state index in [1.807, 2.05) is 24.8 Å². The lowest BCUT2D eigenvalue weighted by atomic mass is 10.1. The third-order valence-electron chi connectivity index (χ3n) is 4.66. The summed E-state index contributed by atoms with van der Waals surface area (Å²) in [5.41, 5.74) is 1.63. The topological polar surface area (TPSA) is 113 Å². The third-order valence-corrected chi connectivity index (χ3v) is 5.65. The average Bonchev–Trinajstić information content (AvgIpc) is 3.46. The second kappa shape index (κ2) is 8.48. The molecule has 1 atom stereocenters. The summed E-state index contributed by atoms with van der Waals surface area (Å²) in [4.78, 5) is 30.6. The number of anilines is 2. The van der Waals surface area contributed by atoms with Crippen molar-refractivity contribution in [1.29, 1.82) is 0 Å². The minimum atomic E-state index is -0.0724. The van der Waals surface area contributed by atoms with Gasteiger partial charge in [-0.15, -0.1) is 10.2 Å². The summed E-state index contributed by atoms with van der Waals surface area (Å²) in [6.07, 6.45) is 9.24. The average molecular weight is 411 g/mol. The van der Waals surface area contributed by atoms with Gasteiger partial charge < -0.3 is 15.2 Å². The molecule has 4 rings (SSSR count). The van der Waals surface area contributed by atoms with Gasteiger partial charge in [0.05, 0.1) is 30.0 Å². The Morgan fingerprint density at radius 1 is 1.41 bits per heavy atom. The molecule has 10 heteroatoms. The number of aromatic amines is 1. The Labute approximate surface area is 172 Å². The van der Waals surface area contributed by atoms with Gasteiger partial charge in [-0.05, 0) is 32.3 Å². The summed E-state index contributed by atoms with van der Waals surface area (Å²) < 4.78 is 0. The molecule has 1 amide bonds. The molecule has 0 aromatic carbocycles. The van der Waals surface area contributed by atoms with Crippen molar-refractivity contribution in [2.45, 2.75) is 39.2 Å². The van der Waals surface area contributed by atoms with Crippen LogP contribution in [0.5, 0.6) is 0 Å². The van der Waals surface area contributed by atoms with Gasteiger partial charge in [-0.3, -0.25) is 4.79 Å². The molecule has 3 aromatic heterocycles. The number of imidazole rings is 1. The quantitative estimate of drug-likeness (QED) is 0.601. The van der Waals surface area contributed by atoms with Crippen molar-refractivity contribution < 1.29 is 4.79 Å². The van der Waals surface area contributed by atoms with Gasteiger partial charge in [0.25, 0.3) is 0 Å². The smallest absolute Gasteiger partial charge is 0.247 e. The van der Waals surface area contributed by atoms with Crippen LogP contribution in [0, 0.1) is 6.92 Å². The van der Waals surface area contributed by atoms with Crippen LogP contribution in [0.3, 0.4) is 0 Å². The summed E-state index contributed by atoms with van der Waals surface area (Å²) in [6.45, 7) is 4.61. The van der Waals surface area contributed by atoms with Gasteiger partial charge >= 0.3 is 0 Å². The van der Waals surface area contributed by atoms with E-state index in [2.05, 4.69) is 35.5 Å². The number of rotatable bonds is 6. The van der Waals surface area contributed by atoms with Crippen LogP contribution >= 0.6 is 11.3 Å². The Morgan fingerprint density at radius 2 is 2.31 bits per heavy atom. The van der Waals surface area contributed by atoms with Gasteiger partial charge in [0, 0.05) is 18.7 Å². The summed E-state index contributed by atoms with van der Waals surface area (Å²) in [6, 6.07) is 1.83. The van der Waals surface area contributed by atoms with Crippen LogP contribution in [0.2, 0.25) is 0 Å². The maximum atomic E-state index is 12.8. The molecule has 0 radical (unpaired) electrons. The molecule has 1 aliphatic heterocycles. The van der Waals surface area contributed by atoms with Crippen molar-refractivity contribution in [3.8, 4) is 0 Å². The van der Waals surface area contributed by atoms with Gasteiger partial charge in [-0.2, -0.15) is 0 Å². The number of aromatic nitrogens is 6. The van der Waals surface area contributed by atoms with E-state index in [9.17, 15) is 4.79 Å². The lowest BCUT2D eigenvalue weighted by Crippen LogP contribution is -2.29. The van der Waals surface area contributed by atoms with Crippen molar-refractivity contribution in [3.63, 3.8) is 0 Å². The highest BCUT2D eigenvalue weighted by Gasteiger charge is 2.30. The van der Waals surface area contributed by atoms with E-state index in [-0.39, 0.29) is 11.9 Å². The number of carbonyl (C=O) groups is 1. The second-order valence-electron chi connectivity index (χ2n) is 6.73. The number of amides is 1. The van der Waals surface area contributed by atoms with Crippen molar-refractivity contribution >= 4 is 34.3 Å². The predicted molar refractivity (Wildman–Crippen MR) is 111 cm³/mol. The first-order valence-electron chi connectivity index (χ1n) is 9.54. The molecule has 1 aliphatic rings. The monoisotopic (exact) mass is 410 g/mol. The number of carbonyl (C=O) groups excluding carboxylic acids is 1. The Morgan fingerprint density at radius 3 is 3.07 bits per heavy atom. The van der Waals surface area contributed by atoms with Crippen LogP contribution in [0.15, 0.2) is 24.7 Å². The summed E-state index contributed by atoms with van der Waals surface area (Å²) in [7, 11) is 0. The molecular weight excluding hydrogens is 388 g/mol. The molecule has 150 valence electrons. The summed E-state index contributed by atoms with van der Waals surface area (Å²) >= 11 is 1.51. The Bertz CT molecular complexity index is 1010. The zero-order valence-corrected chi connectivity index (χ0v) is 17.1. The van der Waals surface area contributed by atoms with Gasteiger partial charge in [0.2, 0.25) is 11.0 Å². The Balaban J connectivity index is 1.53. The fourth-order valence-electron chi connectivity index (χ4n) is 3.33. The van der Waals surface area contributed by atoms with E-state index in [0.29, 0.717) is 23.3 Å². The van der Waals surface area contributed by atoms with E-state index in [4.69, 9.17) is 0 Å². The molecule has 0 saturated carbocycles. The van der Waals surface area contributed by atoms with E-state index in [0.717, 1.165) is 35.7 Å². The fraction of sp³-hybridized carbons (Fsp3) is 0.368. The number of nitrogens with zero attached hydrogens (tertiary/aromatic N) is 6. The van der Waals surface area contributed by atoms with Crippen molar-refractivity contribution in [2.24, 2.45) is 0 Å². The standard InChI is InChI=1S/C19H22N8OS/c1-3-17-25-26-19(29-17)24-16-9-14(22-12(2)23-16)15-5-4-8-27(15)18(28)7-6-13-10-20-11-21-13/h6-7,9-11,15H,3-5,8H2,1-2H3,(H,20,21)(H,22,23,24,26). The third kappa shape index (κ3) is 4.48. The predicted octanol–water partition coefficient (Wildman–Crippen LogP) is 3.04. The number of nitrogens with one attached hydrogen (secondary N) is 2. The molecule has 0 aliphatic carbocycles. The zero-order chi connectivity index (χ0) is 20.2. The minimum Gasteiger partial charge on any atom is -0.345 e. The van der Waals surface area contributed by atoms with Crippen LogP contribution in [-0.2, 0) is 11.2 Å². The highest BCUT2D eigenvalue weighted by molar-refractivity contribution is 7.15. The number of hydrogen-bond acceptors (Lipinski definition) is 8. The van der Waals surface area contributed by atoms with Crippen molar-refractivity contribution in [3.05, 3.63) is 46.9 Å². The first-order chi connectivity index (χ1) is 14.1. The largest absolute Gasteiger partial charge is 0.345 e. The molecule has 0 bridgehead atoms. The summed E-state index contributed by atoms with van der Waals surface area (Å²) in [5.74, 6) is 1.28. The Hall–Kier alpha value is -3.14. The van der Waals surface area contributed by atoms with Gasteiger partial charge in [-0.1, -0.05) is 18.3 Å². The molecule has 1 unspecified atom stereocenters. The molecule has 29 heavy (non-hydrogen) atoms. The maximum absolute atomic E-state index is 12.8. The van der Waals surface area contributed by atoms with Gasteiger partial charge in [-0.25, -0.2) is 15.0 Å². The first kappa shape index (κ1) is 19.2. The van der Waals surface area contributed by atoms with E-state index < -0.39 is 0 Å². The molecular formula is C19H22N8OS. The van der Waals surface area contributed by atoms with Crippen LogP contribution in [0.4, 0.5) is 10.9 Å². The minimum absolute atomic E-state index is 0.0374. The van der Waals surface area contributed by atoms with Gasteiger partial charge in [0.15, 0.2) is 0 Å². The molecule has 0 spiro atoms. The van der Waals surface area contributed by atoms with Gasteiger partial charge in [0.1, 0.15) is 16.6 Å². The van der Waals surface area contributed by atoms with Crippen molar-refractivity contribution in [1.82, 2.24) is 35.0 Å². The second-order valence-corrected chi connectivity index (χ2v) is 7.80. The molecule has 2 N–H and O–H groups in total.